The molecule has 3 aliphatic heterocycles. The molecule has 4 rings (SSSR count). The highest BCUT2D eigenvalue weighted by Gasteiger charge is 2.70. The van der Waals surface area contributed by atoms with Crippen LogP contribution in [0.1, 0.15) is 38.3 Å². The zero-order valence-electron chi connectivity index (χ0n) is 14.9. The molecule has 5 atom stereocenters. The number of rotatable bonds is 2. The number of likely N-dealkylation sites (tertiary alicyclic amines) is 1. The van der Waals surface area contributed by atoms with Gasteiger partial charge in [-0.25, -0.2) is 0 Å². The highest BCUT2D eigenvalue weighted by molar-refractivity contribution is 6.15. The third kappa shape index (κ3) is 1.80. The molecule has 1 spiro atoms. The van der Waals surface area contributed by atoms with Gasteiger partial charge in [-0.2, -0.15) is 0 Å². The van der Waals surface area contributed by atoms with E-state index in [0.29, 0.717) is 6.42 Å². The Labute approximate surface area is 147 Å². The number of benzene rings is 1. The smallest absolute Gasteiger partial charge is 0.250 e. The van der Waals surface area contributed by atoms with E-state index in [1.165, 1.54) is 4.90 Å². The van der Waals surface area contributed by atoms with E-state index in [1.807, 2.05) is 45.9 Å². The topological polar surface area (TPSA) is 78.5 Å². The molecule has 6 heteroatoms. The van der Waals surface area contributed by atoms with E-state index in [1.54, 1.807) is 0 Å². The lowest BCUT2D eigenvalue weighted by Crippen LogP contribution is -2.53. The second kappa shape index (κ2) is 5.14. The minimum Gasteiger partial charge on any atom is -0.324 e. The van der Waals surface area contributed by atoms with Gasteiger partial charge in [-0.05, 0) is 32.8 Å². The zero-order chi connectivity index (χ0) is 18.1. The summed E-state index contributed by atoms with van der Waals surface area (Å²) in [7, 11) is 0. The quantitative estimate of drug-likeness (QED) is 0.800. The summed E-state index contributed by atoms with van der Waals surface area (Å²) >= 11 is 0. The van der Waals surface area contributed by atoms with Gasteiger partial charge in [0.2, 0.25) is 17.7 Å². The van der Waals surface area contributed by atoms with E-state index in [2.05, 4.69) is 10.6 Å². The first kappa shape index (κ1) is 16.3. The van der Waals surface area contributed by atoms with E-state index in [9.17, 15) is 14.4 Å². The molecule has 132 valence electrons. The van der Waals surface area contributed by atoms with E-state index in [4.69, 9.17) is 0 Å². The molecule has 3 aliphatic rings. The molecule has 5 unspecified atom stereocenters. The van der Waals surface area contributed by atoms with Crippen LogP contribution in [0.3, 0.4) is 0 Å². The first-order valence-corrected chi connectivity index (χ1v) is 8.90. The number of anilines is 1. The van der Waals surface area contributed by atoms with Gasteiger partial charge in [0.05, 0.1) is 11.8 Å². The van der Waals surface area contributed by atoms with Crippen molar-refractivity contribution in [2.24, 2.45) is 11.8 Å². The largest absolute Gasteiger partial charge is 0.324 e. The summed E-state index contributed by atoms with van der Waals surface area (Å²) in [5.41, 5.74) is 1.34. The molecule has 2 fully saturated rings. The Kier molecular flexibility index (Phi) is 3.35. The molecule has 2 saturated heterocycles. The molecule has 0 bridgehead atoms. The van der Waals surface area contributed by atoms with Crippen LogP contribution in [0.25, 0.3) is 0 Å². The summed E-state index contributed by atoms with van der Waals surface area (Å²) in [6.45, 7) is 7.66. The van der Waals surface area contributed by atoms with Crippen molar-refractivity contribution < 1.29 is 14.4 Å². The molecule has 0 aromatic heterocycles. The van der Waals surface area contributed by atoms with Gasteiger partial charge in [0, 0.05) is 23.3 Å². The highest BCUT2D eigenvalue weighted by atomic mass is 16.2. The predicted molar refractivity (Wildman–Crippen MR) is 92.7 cm³/mol. The van der Waals surface area contributed by atoms with Crippen molar-refractivity contribution in [1.29, 1.82) is 0 Å². The maximum atomic E-state index is 13.2. The minimum atomic E-state index is -1.15. The van der Waals surface area contributed by atoms with Gasteiger partial charge in [-0.1, -0.05) is 25.1 Å². The Hall–Kier alpha value is -2.21. The first-order chi connectivity index (χ1) is 11.8. The number of nitrogens with one attached hydrogen (secondary N) is 2. The SMILES string of the molecule is CCC(C)N1C(=O)C2C(C)NC3(C(=O)Nc4c(C)cccc43)C2C1=O. The zero-order valence-corrected chi connectivity index (χ0v) is 14.9. The van der Waals surface area contributed by atoms with E-state index < -0.39 is 17.4 Å². The van der Waals surface area contributed by atoms with Crippen LogP contribution in [-0.4, -0.2) is 34.7 Å². The van der Waals surface area contributed by atoms with Crippen LogP contribution in [0.4, 0.5) is 5.69 Å². The Morgan fingerprint density at radius 1 is 1.24 bits per heavy atom. The summed E-state index contributed by atoms with van der Waals surface area (Å²) in [5.74, 6) is -1.81. The molecular weight excluding hydrogens is 318 g/mol. The molecule has 2 N–H and O–H groups in total. The van der Waals surface area contributed by atoms with E-state index in [-0.39, 0.29) is 29.8 Å². The molecule has 25 heavy (non-hydrogen) atoms. The standard InChI is InChI=1S/C19H23N3O3/c1-5-10(3)22-16(23)13-11(4)21-19(14(13)17(22)24)12-8-6-7-9(2)15(12)20-18(19)25/h6-8,10-11,13-14,21H,5H2,1-4H3,(H,20,25). The van der Waals surface area contributed by atoms with Gasteiger partial charge < -0.3 is 5.32 Å². The van der Waals surface area contributed by atoms with Gasteiger partial charge in [-0.3, -0.25) is 24.6 Å². The molecule has 6 nitrogen and oxygen atoms in total. The van der Waals surface area contributed by atoms with E-state index in [0.717, 1.165) is 16.8 Å². The summed E-state index contributed by atoms with van der Waals surface area (Å²) in [6, 6.07) is 5.31. The van der Waals surface area contributed by atoms with Crippen LogP contribution < -0.4 is 10.6 Å². The van der Waals surface area contributed by atoms with Crippen LogP contribution in [0, 0.1) is 18.8 Å². The molecule has 0 saturated carbocycles. The van der Waals surface area contributed by atoms with Crippen LogP contribution in [0.5, 0.6) is 0 Å². The average Bonchev–Trinajstić information content (AvgIpc) is 3.13. The number of carbonyl (C=O) groups excluding carboxylic acids is 3. The third-order valence-electron chi connectivity index (χ3n) is 6.17. The average molecular weight is 341 g/mol. The molecule has 0 aliphatic carbocycles. The lowest BCUT2D eigenvalue weighted by molar-refractivity contribution is -0.145. The fourth-order valence-corrected chi connectivity index (χ4v) is 4.78. The van der Waals surface area contributed by atoms with Crippen molar-refractivity contribution in [1.82, 2.24) is 10.2 Å². The first-order valence-electron chi connectivity index (χ1n) is 8.90. The fourth-order valence-electron chi connectivity index (χ4n) is 4.78. The van der Waals surface area contributed by atoms with Crippen LogP contribution in [0.15, 0.2) is 18.2 Å². The molecule has 0 radical (unpaired) electrons. The second-order valence-electron chi connectivity index (χ2n) is 7.50. The van der Waals surface area contributed by atoms with Crippen molar-refractivity contribution >= 4 is 23.4 Å². The number of aryl methyl sites for hydroxylation is 1. The molecule has 1 aromatic rings. The number of amides is 3. The number of nitrogens with zero attached hydrogens (tertiary/aromatic N) is 1. The lowest BCUT2D eigenvalue weighted by atomic mass is 9.76. The van der Waals surface area contributed by atoms with Crippen molar-refractivity contribution in [2.75, 3.05) is 5.32 Å². The molecular formula is C19H23N3O3. The molecule has 3 heterocycles. The number of imide groups is 1. The third-order valence-corrected chi connectivity index (χ3v) is 6.17. The number of para-hydroxylation sites is 1. The minimum absolute atomic E-state index is 0.156. The van der Waals surface area contributed by atoms with Gasteiger partial charge in [0.1, 0.15) is 5.54 Å². The van der Waals surface area contributed by atoms with Crippen LogP contribution in [0.2, 0.25) is 0 Å². The van der Waals surface area contributed by atoms with Gasteiger partial charge in [0.15, 0.2) is 0 Å². The van der Waals surface area contributed by atoms with Crippen molar-refractivity contribution in [3.05, 3.63) is 29.3 Å². The second-order valence-corrected chi connectivity index (χ2v) is 7.50. The summed E-state index contributed by atoms with van der Waals surface area (Å²) in [5, 5.41) is 6.26. The van der Waals surface area contributed by atoms with Crippen molar-refractivity contribution in [2.45, 2.75) is 51.7 Å². The Morgan fingerprint density at radius 2 is 1.96 bits per heavy atom. The number of hydrogen-bond acceptors (Lipinski definition) is 4. The predicted octanol–water partition coefficient (Wildman–Crippen LogP) is 1.53. The number of fused-ring (bicyclic) bond motifs is 4. The van der Waals surface area contributed by atoms with Crippen LogP contribution >= 0.6 is 0 Å². The Morgan fingerprint density at radius 3 is 2.64 bits per heavy atom. The molecule has 3 amide bonds. The molecule has 1 aromatic carbocycles. The van der Waals surface area contributed by atoms with Crippen molar-refractivity contribution in [3.63, 3.8) is 0 Å². The highest BCUT2D eigenvalue weighted by Crippen LogP contribution is 2.53. The fraction of sp³-hybridized carbons (Fsp3) is 0.526. The van der Waals surface area contributed by atoms with Gasteiger partial charge in [0.25, 0.3) is 0 Å². The number of carbonyl (C=O) groups is 3. The Bertz CT molecular complexity index is 805. The lowest BCUT2D eigenvalue weighted by Gasteiger charge is -2.30. The summed E-state index contributed by atoms with van der Waals surface area (Å²) in [4.78, 5) is 40.6. The van der Waals surface area contributed by atoms with E-state index >= 15 is 0 Å². The Balaban J connectivity index is 1.89. The van der Waals surface area contributed by atoms with Gasteiger partial charge >= 0.3 is 0 Å². The summed E-state index contributed by atoms with van der Waals surface area (Å²) in [6.07, 6.45) is 0.702. The summed E-state index contributed by atoms with van der Waals surface area (Å²) < 4.78 is 0. The maximum Gasteiger partial charge on any atom is 0.250 e. The van der Waals surface area contributed by atoms with Crippen molar-refractivity contribution in [3.8, 4) is 0 Å². The van der Waals surface area contributed by atoms with Crippen LogP contribution in [-0.2, 0) is 19.9 Å². The van der Waals surface area contributed by atoms with Gasteiger partial charge in [-0.15, -0.1) is 0 Å². The monoisotopic (exact) mass is 341 g/mol. The maximum absolute atomic E-state index is 13.2. The number of hydrogen-bond donors (Lipinski definition) is 2. The normalized spacial score (nSPS) is 34.5.